The van der Waals surface area contributed by atoms with Crippen LogP contribution in [0.3, 0.4) is 0 Å². The van der Waals surface area contributed by atoms with Crippen LogP contribution in [0.1, 0.15) is 12.7 Å². The molecule has 2 aromatic rings. The van der Waals surface area contributed by atoms with Crippen molar-refractivity contribution < 1.29 is 36.8 Å². The van der Waals surface area contributed by atoms with Crippen LogP contribution >= 0.6 is 0 Å². The van der Waals surface area contributed by atoms with E-state index in [-0.39, 0.29) is 5.88 Å². The summed E-state index contributed by atoms with van der Waals surface area (Å²) >= 11 is 0. The smallest absolute Gasteiger partial charge is 0.345 e. The number of carbonyl (C=O) groups is 2. The second kappa shape index (κ2) is 7.69. The highest BCUT2D eigenvalue weighted by molar-refractivity contribution is 5.95. The molecule has 0 radical (unpaired) electrons. The summed E-state index contributed by atoms with van der Waals surface area (Å²) in [6, 6.07) is 2.93. The number of carbonyl (C=O) groups excluding carboxylic acids is 2. The second-order valence-corrected chi connectivity index (χ2v) is 4.91. The second-order valence-electron chi connectivity index (χ2n) is 4.91. The maximum absolute atomic E-state index is 13.5. The summed E-state index contributed by atoms with van der Waals surface area (Å²) in [5, 5.41) is 5.49. The average Bonchev–Trinajstić information content (AvgIpc) is 2.98. The van der Waals surface area contributed by atoms with Crippen LogP contribution in [0.4, 0.5) is 18.9 Å². The van der Waals surface area contributed by atoms with Crippen molar-refractivity contribution in [3.63, 3.8) is 0 Å². The lowest BCUT2D eigenvalue weighted by molar-refractivity contribution is -0.155. The highest BCUT2D eigenvalue weighted by atomic mass is 19.2. The lowest BCUT2D eigenvalue weighted by atomic mass is 10.2. The van der Waals surface area contributed by atoms with Crippen LogP contribution in [0.15, 0.2) is 22.7 Å². The van der Waals surface area contributed by atoms with E-state index in [0.717, 1.165) is 6.07 Å². The van der Waals surface area contributed by atoms with E-state index in [2.05, 4.69) is 5.16 Å². The van der Waals surface area contributed by atoms with Gasteiger partial charge in [0.05, 0.1) is 5.69 Å². The molecule has 0 spiro atoms. The van der Waals surface area contributed by atoms with Gasteiger partial charge >= 0.3 is 5.97 Å². The highest BCUT2D eigenvalue weighted by Gasteiger charge is 2.21. The summed E-state index contributed by atoms with van der Waals surface area (Å²) < 4.78 is 53.9. The van der Waals surface area contributed by atoms with Gasteiger partial charge in [-0.05, 0) is 31.1 Å². The lowest BCUT2D eigenvalue weighted by Gasteiger charge is -2.14. The number of aryl methyl sites for hydroxylation is 1. The molecule has 25 heavy (non-hydrogen) atoms. The molecule has 1 aromatic carbocycles. The van der Waals surface area contributed by atoms with Crippen LogP contribution in [-0.2, 0) is 14.3 Å². The van der Waals surface area contributed by atoms with Crippen molar-refractivity contribution in [2.45, 2.75) is 20.0 Å². The predicted octanol–water partition coefficient (Wildman–Crippen LogP) is 2.35. The quantitative estimate of drug-likeness (QED) is 0.630. The minimum Gasteiger partial charge on any atom is -0.463 e. The number of esters is 1. The van der Waals surface area contributed by atoms with Gasteiger partial charge in [-0.2, -0.15) is 0 Å². The third kappa shape index (κ3) is 4.72. The molecule has 0 aliphatic heterocycles. The zero-order valence-electron chi connectivity index (χ0n) is 13.1. The van der Waals surface area contributed by atoms with E-state index in [1.807, 2.05) is 5.32 Å². The predicted molar refractivity (Wildman–Crippen MR) is 77.2 cm³/mol. The Morgan fingerprint density at radius 2 is 2.00 bits per heavy atom. The standard InChI is InChI=1S/C15H13F3N2O5/c1-7-5-11(20-25-7)23-6-12(21)24-8(2)15(22)19-10-4-3-9(16)13(17)14(10)18/h3-5,8H,6H2,1-2H3,(H,19,22)/t8-/m0/s1. The van der Waals surface area contributed by atoms with Gasteiger partial charge in [-0.1, -0.05) is 0 Å². The number of ether oxygens (including phenoxy) is 2. The number of nitrogens with zero attached hydrogens (tertiary/aromatic N) is 1. The molecular formula is C15H13F3N2O5. The van der Waals surface area contributed by atoms with E-state index in [4.69, 9.17) is 14.0 Å². The van der Waals surface area contributed by atoms with Gasteiger partial charge in [-0.25, -0.2) is 18.0 Å². The highest BCUT2D eigenvalue weighted by Crippen LogP contribution is 2.20. The minimum atomic E-state index is -1.72. The van der Waals surface area contributed by atoms with E-state index in [1.54, 1.807) is 6.92 Å². The first-order valence-corrected chi connectivity index (χ1v) is 6.98. The van der Waals surface area contributed by atoms with E-state index >= 15 is 0 Å². The van der Waals surface area contributed by atoms with Crippen LogP contribution < -0.4 is 10.1 Å². The van der Waals surface area contributed by atoms with Crippen molar-refractivity contribution in [3.05, 3.63) is 41.4 Å². The topological polar surface area (TPSA) is 90.7 Å². The van der Waals surface area contributed by atoms with Gasteiger partial charge in [0.25, 0.3) is 11.8 Å². The molecule has 0 aliphatic carbocycles. The summed E-state index contributed by atoms with van der Waals surface area (Å²) in [6.45, 7) is 2.30. The van der Waals surface area contributed by atoms with E-state index in [0.29, 0.717) is 11.8 Å². The number of hydrogen-bond acceptors (Lipinski definition) is 6. The Balaban J connectivity index is 1.87. The van der Waals surface area contributed by atoms with Gasteiger partial charge in [0.15, 0.2) is 30.2 Å². The number of anilines is 1. The molecule has 0 saturated heterocycles. The molecule has 10 heteroatoms. The molecule has 0 aliphatic rings. The zero-order chi connectivity index (χ0) is 18.6. The molecule has 7 nitrogen and oxygen atoms in total. The van der Waals surface area contributed by atoms with Crippen LogP contribution in [0.5, 0.6) is 5.88 Å². The SMILES string of the molecule is Cc1cc(OCC(=O)O[C@@H](C)C(=O)Nc2ccc(F)c(F)c2F)no1. The Labute approximate surface area is 139 Å². The molecule has 1 N–H and O–H groups in total. The number of halogens is 3. The number of nitrogens with one attached hydrogen (secondary N) is 1. The van der Waals surface area contributed by atoms with Crippen molar-refractivity contribution in [3.8, 4) is 5.88 Å². The first-order chi connectivity index (χ1) is 11.8. The molecule has 0 fully saturated rings. The fraction of sp³-hybridized carbons (Fsp3) is 0.267. The molecule has 0 bridgehead atoms. The molecule has 2 rings (SSSR count). The van der Waals surface area contributed by atoms with Crippen molar-refractivity contribution in [1.82, 2.24) is 5.16 Å². The molecule has 1 aromatic heterocycles. The maximum atomic E-state index is 13.5. The van der Waals surface area contributed by atoms with Crippen LogP contribution in [0, 0.1) is 24.4 Å². The summed E-state index contributed by atoms with van der Waals surface area (Å²) in [6.07, 6.45) is -1.33. The first-order valence-electron chi connectivity index (χ1n) is 6.98. The molecule has 1 heterocycles. The summed E-state index contributed by atoms with van der Waals surface area (Å²) in [5.41, 5.74) is -0.582. The summed E-state index contributed by atoms with van der Waals surface area (Å²) in [7, 11) is 0. The Morgan fingerprint density at radius 3 is 2.64 bits per heavy atom. The van der Waals surface area contributed by atoms with Gasteiger partial charge in [0.1, 0.15) is 5.76 Å². The number of hydrogen-bond donors (Lipinski definition) is 1. The van der Waals surface area contributed by atoms with Crippen molar-refractivity contribution in [2.24, 2.45) is 0 Å². The van der Waals surface area contributed by atoms with Gasteiger partial charge in [-0.3, -0.25) is 4.79 Å². The van der Waals surface area contributed by atoms with Crippen LogP contribution in [0.25, 0.3) is 0 Å². The van der Waals surface area contributed by atoms with E-state index < -0.39 is 47.7 Å². The van der Waals surface area contributed by atoms with Crippen LogP contribution in [-0.4, -0.2) is 29.7 Å². The van der Waals surface area contributed by atoms with Gasteiger partial charge in [0, 0.05) is 6.07 Å². The Bertz CT molecular complexity index is 793. The first kappa shape index (κ1) is 18.3. The van der Waals surface area contributed by atoms with E-state index in [9.17, 15) is 22.8 Å². The summed E-state index contributed by atoms with van der Waals surface area (Å²) in [4.78, 5) is 23.4. The molecule has 1 amide bonds. The fourth-order valence-electron chi connectivity index (χ4n) is 1.69. The minimum absolute atomic E-state index is 0.0652. The van der Waals surface area contributed by atoms with Gasteiger partial charge in [0.2, 0.25) is 0 Å². The largest absolute Gasteiger partial charge is 0.463 e. The average molecular weight is 358 g/mol. The maximum Gasteiger partial charge on any atom is 0.345 e. The lowest BCUT2D eigenvalue weighted by Crippen LogP contribution is -2.32. The van der Waals surface area contributed by atoms with Gasteiger partial charge in [-0.15, -0.1) is 0 Å². The third-order valence-corrected chi connectivity index (χ3v) is 2.91. The molecule has 134 valence electrons. The molecular weight excluding hydrogens is 345 g/mol. The van der Waals surface area contributed by atoms with Crippen molar-refractivity contribution in [2.75, 3.05) is 11.9 Å². The third-order valence-electron chi connectivity index (χ3n) is 2.91. The number of amides is 1. The molecule has 0 saturated carbocycles. The monoisotopic (exact) mass is 358 g/mol. The normalized spacial score (nSPS) is 11.7. The number of aromatic nitrogens is 1. The van der Waals surface area contributed by atoms with Crippen molar-refractivity contribution in [1.29, 1.82) is 0 Å². The Hall–Kier alpha value is -3.04. The molecule has 1 atom stereocenters. The Morgan fingerprint density at radius 1 is 1.28 bits per heavy atom. The fourth-order valence-corrected chi connectivity index (χ4v) is 1.69. The number of rotatable bonds is 6. The van der Waals surface area contributed by atoms with Gasteiger partial charge < -0.3 is 19.3 Å². The van der Waals surface area contributed by atoms with E-state index in [1.165, 1.54) is 13.0 Å². The molecule has 0 unspecified atom stereocenters. The van der Waals surface area contributed by atoms with Crippen molar-refractivity contribution >= 4 is 17.6 Å². The Kier molecular flexibility index (Phi) is 5.63. The number of benzene rings is 1. The van der Waals surface area contributed by atoms with Crippen LogP contribution in [0.2, 0.25) is 0 Å². The zero-order valence-corrected chi connectivity index (χ0v) is 13.1. The summed E-state index contributed by atoms with van der Waals surface area (Å²) in [5.74, 6) is -5.96.